The maximum Gasteiger partial charge on any atom is 0.240 e. The number of likely N-dealkylation sites (tertiary alicyclic amines) is 1. The summed E-state index contributed by atoms with van der Waals surface area (Å²) in [6, 6.07) is 3.70. The summed E-state index contributed by atoms with van der Waals surface area (Å²) in [7, 11) is 0. The zero-order valence-electron chi connectivity index (χ0n) is 11.8. The summed E-state index contributed by atoms with van der Waals surface area (Å²) in [5.41, 5.74) is 0.981. The van der Waals surface area contributed by atoms with Crippen LogP contribution in [0.4, 0.5) is 0 Å². The van der Waals surface area contributed by atoms with E-state index in [1.165, 1.54) is 0 Å². The van der Waals surface area contributed by atoms with Gasteiger partial charge in [-0.3, -0.25) is 9.69 Å². The van der Waals surface area contributed by atoms with Gasteiger partial charge in [0.15, 0.2) is 11.2 Å². The number of nitrogens with one attached hydrogen (secondary N) is 1. The average molecular weight is 286 g/mol. The maximum absolute atomic E-state index is 12.4. The maximum atomic E-state index is 12.4. The van der Waals surface area contributed by atoms with Crippen molar-refractivity contribution >= 4 is 17.1 Å². The van der Waals surface area contributed by atoms with Gasteiger partial charge in [-0.2, -0.15) is 4.98 Å². The standard InChI is InChI=1S/C15H18N4O2/c20-14-15(5-2-8-17-14)6-3-9-19(15)10-12-18-13-11(21-12)4-1-7-16-13/h1,4,7H,2-3,5-6,8-10H2,(H,17,20). The molecule has 0 bridgehead atoms. The number of hydrogen-bond donors (Lipinski definition) is 1. The van der Waals surface area contributed by atoms with Crippen LogP contribution in [0.1, 0.15) is 31.6 Å². The lowest BCUT2D eigenvalue weighted by Crippen LogP contribution is -2.58. The van der Waals surface area contributed by atoms with Crippen LogP contribution in [0.15, 0.2) is 22.7 Å². The highest BCUT2D eigenvalue weighted by molar-refractivity contribution is 5.87. The van der Waals surface area contributed by atoms with Gasteiger partial charge in [-0.05, 0) is 44.4 Å². The molecule has 110 valence electrons. The van der Waals surface area contributed by atoms with Crippen molar-refractivity contribution in [1.29, 1.82) is 0 Å². The summed E-state index contributed by atoms with van der Waals surface area (Å²) >= 11 is 0. The number of aromatic nitrogens is 2. The molecule has 0 saturated carbocycles. The van der Waals surface area contributed by atoms with Gasteiger partial charge in [0.25, 0.3) is 0 Å². The van der Waals surface area contributed by atoms with E-state index in [-0.39, 0.29) is 11.4 Å². The molecule has 2 aromatic heterocycles. The Bertz CT molecular complexity index is 650. The Morgan fingerprint density at radius 2 is 2.29 bits per heavy atom. The van der Waals surface area contributed by atoms with Crippen LogP contribution in [-0.4, -0.2) is 39.4 Å². The molecule has 4 rings (SSSR count). The zero-order chi connectivity index (χ0) is 14.3. The lowest BCUT2D eigenvalue weighted by atomic mass is 9.86. The number of fused-ring (bicyclic) bond motifs is 1. The van der Waals surface area contributed by atoms with E-state index in [2.05, 4.69) is 20.2 Å². The van der Waals surface area contributed by atoms with Gasteiger partial charge in [-0.15, -0.1) is 0 Å². The van der Waals surface area contributed by atoms with E-state index >= 15 is 0 Å². The van der Waals surface area contributed by atoms with Crippen molar-refractivity contribution in [2.75, 3.05) is 13.1 Å². The largest absolute Gasteiger partial charge is 0.438 e. The van der Waals surface area contributed by atoms with E-state index in [1.807, 2.05) is 12.1 Å². The first-order valence-electron chi connectivity index (χ1n) is 7.52. The number of oxazole rings is 1. The Morgan fingerprint density at radius 3 is 3.14 bits per heavy atom. The molecule has 1 amide bonds. The van der Waals surface area contributed by atoms with Crippen LogP contribution in [-0.2, 0) is 11.3 Å². The molecule has 6 heteroatoms. The molecule has 0 aromatic carbocycles. The minimum absolute atomic E-state index is 0.167. The fraction of sp³-hybridized carbons (Fsp3) is 0.533. The van der Waals surface area contributed by atoms with Crippen molar-refractivity contribution in [3.05, 3.63) is 24.2 Å². The van der Waals surface area contributed by atoms with Gasteiger partial charge in [0, 0.05) is 12.7 Å². The molecule has 6 nitrogen and oxygen atoms in total. The quantitative estimate of drug-likeness (QED) is 0.905. The van der Waals surface area contributed by atoms with E-state index in [0.717, 1.165) is 38.8 Å². The average Bonchev–Trinajstić information content (AvgIpc) is 3.07. The predicted molar refractivity (Wildman–Crippen MR) is 76.4 cm³/mol. The molecule has 2 aliphatic heterocycles. The van der Waals surface area contributed by atoms with Crippen LogP contribution in [0.2, 0.25) is 0 Å². The molecule has 2 fully saturated rings. The van der Waals surface area contributed by atoms with Gasteiger partial charge < -0.3 is 9.73 Å². The first-order valence-corrected chi connectivity index (χ1v) is 7.52. The minimum atomic E-state index is -0.355. The Hall–Kier alpha value is -1.95. The third-order valence-corrected chi connectivity index (χ3v) is 4.63. The van der Waals surface area contributed by atoms with E-state index in [0.29, 0.717) is 23.7 Å². The van der Waals surface area contributed by atoms with Crippen LogP contribution in [0.25, 0.3) is 11.2 Å². The fourth-order valence-corrected chi connectivity index (χ4v) is 3.61. The smallest absolute Gasteiger partial charge is 0.240 e. The van der Waals surface area contributed by atoms with Crippen molar-refractivity contribution in [3.8, 4) is 0 Å². The Kier molecular flexibility index (Phi) is 2.92. The Balaban J connectivity index is 1.62. The molecule has 1 N–H and O–H groups in total. The highest BCUT2D eigenvalue weighted by Gasteiger charge is 2.48. The SMILES string of the molecule is O=C1NCCCC12CCCN2Cc1nc2ncccc2o1. The third kappa shape index (κ3) is 2.01. The van der Waals surface area contributed by atoms with Crippen LogP contribution in [0.3, 0.4) is 0 Å². The second kappa shape index (κ2) is 4.80. The van der Waals surface area contributed by atoms with E-state index in [9.17, 15) is 4.79 Å². The Labute approximate surface area is 122 Å². The number of carbonyl (C=O) groups is 1. The molecule has 0 aliphatic carbocycles. The molecular weight excluding hydrogens is 268 g/mol. The summed E-state index contributed by atoms with van der Waals surface area (Å²) in [6.07, 6.45) is 5.65. The second-order valence-corrected chi connectivity index (χ2v) is 5.85. The van der Waals surface area contributed by atoms with Crippen LogP contribution in [0.5, 0.6) is 0 Å². The molecule has 2 aliphatic rings. The minimum Gasteiger partial charge on any atom is -0.438 e. The number of hydrogen-bond acceptors (Lipinski definition) is 5. The number of carbonyl (C=O) groups excluding carboxylic acids is 1. The van der Waals surface area contributed by atoms with Gasteiger partial charge in [0.05, 0.1) is 6.54 Å². The number of pyridine rings is 1. The van der Waals surface area contributed by atoms with E-state index in [4.69, 9.17) is 4.42 Å². The zero-order valence-corrected chi connectivity index (χ0v) is 11.8. The molecule has 1 unspecified atom stereocenters. The van der Waals surface area contributed by atoms with Gasteiger partial charge in [-0.1, -0.05) is 0 Å². The topological polar surface area (TPSA) is 71.3 Å². The van der Waals surface area contributed by atoms with Crippen molar-refractivity contribution in [3.63, 3.8) is 0 Å². The first-order chi connectivity index (χ1) is 10.3. The summed E-state index contributed by atoms with van der Waals surface area (Å²) in [4.78, 5) is 23.2. The molecule has 1 spiro atoms. The van der Waals surface area contributed by atoms with E-state index in [1.54, 1.807) is 6.20 Å². The second-order valence-electron chi connectivity index (χ2n) is 5.85. The van der Waals surface area contributed by atoms with Crippen molar-refractivity contribution in [2.24, 2.45) is 0 Å². The lowest BCUT2D eigenvalue weighted by Gasteiger charge is -2.39. The summed E-state index contributed by atoms with van der Waals surface area (Å²) in [5.74, 6) is 0.809. The van der Waals surface area contributed by atoms with Crippen molar-refractivity contribution in [2.45, 2.75) is 37.8 Å². The van der Waals surface area contributed by atoms with Gasteiger partial charge in [-0.25, -0.2) is 4.98 Å². The first kappa shape index (κ1) is 12.8. The Morgan fingerprint density at radius 1 is 1.38 bits per heavy atom. The highest BCUT2D eigenvalue weighted by Crippen LogP contribution is 2.36. The normalized spacial score (nSPS) is 26.6. The van der Waals surface area contributed by atoms with Crippen LogP contribution >= 0.6 is 0 Å². The summed E-state index contributed by atoms with van der Waals surface area (Å²) < 4.78 is 5.75. The molecule has 2 saturated heterocycles. The molecule has 4 heterocycles. The molecule has 0 radical (unpaired) electrons. The highest BCUT2D eigenvalue weighted by atomic mass is 16.3. The summed E-state index contributed by atoms with van der Waals surface area (Å²) in [6.45, 7) is 2.28. The van der Waals surface area contributed by atoms with Gasteiger partial charge in [0.1, 0.15) is 5.54 Å². The van der Waals surface area contributed by atoms with Gasteiger partial charge >= 0.3 is 0 Å². The number of piperidine rings is 1. The summed E-state index contributed by atoms with van der Waals surface area (Å²) in [5, 5.41) is 3.01. The monoisotopic (exact) mass is 286 g/mol. The number of amides is 1. The van der Waals surface area contributed by atoms with Gasteiger partial charge in [0.2, 0.25) is 11.8 Å². The van der Waals surface area contributed by atoms with E-state index < -0.39 is 0 Å². The van der Waals surface area contributed by atoms with Crippen LogP contribution < -0.4 is 5.32 Å². The molecule has 1 atom stereocenters. The van der Waals surface area contributed by atoms with Crippen LogP contribution in [0, 0.1) is 0 Å². The molecular formula is C15H18N4O2. The lowest BCUT2D eigenvalue weighted by molar-refractivity contribution is -0.135. The fourth-order valence-electron chi connectivity index (χ4n) is 3.61. The number of nitrogens with zero attached hydrogens (tertiary/aromatic N) is 3. The molecule has 2 aromatic rings. The predicted octanol–water partition coefficient (Wildman–Crippen LogP) is 1.47. The third-order valence-electron chi connectivity index (χ3n) is 4.63. The molecule has 21 heavy (non-hydrogen) atoms. The van der Waals surface area contributed by atoms with Crippen molar-refractivity contribution in [1.82, 2.24) is 20.2 Å². The van der Waals surface area contributed by atoms with Crippen molar-refractivity contribution < 1.29 is 9.21 Å². The number of rotatable bonds is 2.